The minimum absolute atomic E-state index is 0.0944. The Morgan fingerprint density at radius 1 is 1.03 bits per heavy atom. The van der Waals surface area contributed by atoms with Crippen LogP contribution in [-0.4, -0.2) is 49.5 Å². The van der Waals surface area contributed by atoms with Crippen molar-refractivity contribution in [3.63, 3.8) is 0 Å². The van der Waals surface area contributed by atoms with Gasteiger partial charge in [-0.2, -0.15) is 18.4 Å². The van der Waals surface area contributed by atoms with Crippen LogP contribution in [0.3, 0.4) is 0 Å². The molecule has 5 aliphatic rings. The Balaban J connectivity index is 1.16. The first-order chi connectivity index (χ1) is 18.6. The number of fused-ring (bicyclic) bond motifs is 3. The van der Waals surface area contributed by atoms with Crippen molar-refractivity contribution in [1.82, 2.24) is 24.6 Å². The zero-order valence-corrected chi connectivity index (χ0v) is 21.6. The molecule has 1 aromatic carbocycles. The van der Waals surface area contributed by atoms with Gasteiger partial charge in [-0.15, -0.1) is 10.2 Å². The second-order valence-corrected chi connectivity index (χ2v) is 11.8. The zero-order valence-electron chi connectivity index (χ0n) is 20.8. The van der Waals surface area contributed by atoms with Crippen LogP contribution >= 0.6 is 11.6 Å². The van der Waals surface area contributed by atoms with Crippen LogP contribution in [0.1, 0.15) is 60.9 Å². The van der Waals surface area contributed by atoms with Crippen LogP contribution < -0.4 is 4.90 Å². The van der Waals surface area contributed by atoms with Crippen LogP contribution in [-0.2, 0) is 13.1 Å². The Morgan fingerprint density at radius 3 is 2.46 bits per heavy atom. The van der Waals surface area contributed by atoms with E-state index in [-0.39, 0.29) is 30.9 Å². The number of aromatic nitrogens is 4. The van der Waals surface area contributed by atoms with Crippen molar-refractivity contribution in [2.24, 2.45) is 5.41 Å². The number of hydrogen-bond acceptors (Lipinski definition) is 6. The summed E-state index contributed by atoms with van der Waals surface area (Å²) in [5, 5.41) is 18.8. The molecule has 0 N–H and O–H groups in total. The first kappa shape index (κ1) is 24.8. The lowest BCUT2D eigenvalue weighted by Crippen LogP contribution is -2.78. The van der Waals surface area contributed by atoms with Gasteiger partial charge < -0.3 is 4.90 Å². The van der Waals surface area contributed by atoms with E-state index in [2.05, 4.69) is 24.6 Å². The number of anilines is 1. The first-order valence-electron chi connectivity index (χ1n) is 13.0. The Bertz CT molecular complexity index is 1500. The lowest BCUT2D eigenvalue weighted by molar-refractivity contribution is -0.364. The van der Waals surface area contributed by atoms with Crippen LogP contribution in [0.5, 0.6) is 0 Å². The minimum atomic E-state index is -4.16. The van der Waals surface area contributed by atoms with E-state index in [1.807, 2.05) is 23.1 Å². The zero-order chi connectivity index (χ0) is 27.2. The molecular weight excluding hydrogens is 534 g/mol. The number of nitrogens with zero attached hydrogens (tertiary/aromatic N) is 7. The molecule has 0 unspecified atom stereocenters. The van der Waals surface area contributed by atoms with E-state index in [4.69, 9.17) is 16.9 Å². The van der Waals surface area contributed by atoms with Crippen molar-refractivity contribution in [3.8, 4) is 11.8 Å². The summed E-state index contributed by atoms with van der Waals surface area (Å²) >= 11 is 6.36. The lowest BCUT2D eigenvalue weighted by Gasteiger charge is -2.73. The highest BCUT2D eigenvalue weighted by Crippen LogP contribution is 2.75. The highest BCUT2D eigenvalue weighted by molar-refractivity contribution is 6.30. The van der Waals surface area contributed by atoms with Crippen LogP contribution in [0.25, 0.3) is 5.69 Å². The third kappa shape index (κ3) is 3.68. The summed E-state index contributed by atoms with van der Waals surface area (Å²) in [4.78, 5) is 8.33. The monoisotopic (exact) mass is 557 g/mol. The van der Waals surface area contributed by atoms with Gasteiger partial charge in [-0.05, 0) is 68.0 Å². The predicted octanol–water partition coefficient (Wildman–Crippen LogP) is 5.51. The van der Waals surface area contributed by atoms with Gasteiger partial charge in [-0.1, -0.05) is 11.6 Å². The van der Waals surface area contributed by atoms with Crippen LogP contribution in [0.2, 0.25) is 5.02 Å². The quantitative estimate of drug-likeness (QED) is 0.395. The molecule has 0 radical (unpaired) electrons. The molecule has 0 spiro atoms. The van der Waals surface area contributed by atoms with E-state index < -0.39 is 22.9 Å². The maximum Gasteiger partial charge on any atom is 0.394 e. The molecular formula is C27H24ClF4N7. The molecule has 2 bridgehead atoms. The molecule has 4 fully saturated rings. The molecule has 3 aromatic rings. The summed E-state index contributed by atoms with van der Waals surface area (Å²) in [5.41, 5.74) is -0.356. The second-order valence-electron chi connectivity index (χ2n) is 11.3. The van der Waals surface area contributed by atoms with Gasteiger partial charge in [-0.3, -0.25) is 9.47 Å². The molecule has 2 aromatic heterocycles. The molecule has 39 heavy (non-hydrogen) atoms. The summed E-state index contributed by atoms with van der Waals surface area (Å²) < 4.78 is 56.5. The number of nitriles is 1. The summed E-state index contributed by atoms with van der Waals surface area (Å²) in [7, 11) is 0. The molecule has 1 saturated heterocycles. The standard InChI is InChI=1S/C27H24ClF4N7/c28-18-1-3-21-17(9-18)11-38(26-13-25(14-26,15-26)27(30,31)32)12-23-35-36-24(39(21)23)16-5-7-37(8-6-16)22-4-2-19(29)20(10-33)34-22/h1-4,9,16H,5-8,11-15H2. The van der Waals surface area contributed by atoms with Gasteiger partial charge in [-0.25, -0.2) is 9.37 Å². The van der Waals surface area contributed by atoms with E-state index in [1.165, 1.54) is 6.07 Å². The molecule has 8 rings (SSSR count). The van der Waals surface area contributed by atoms with Crippen molar-refractivity contribution >= 4 is 17.4 Å². The maximum atomic E-state index is 13.7. The summed E-state index contributed by atoms with van der Waals surface area (Å²) in [5.74, 6) is 1.57. The molecule has 3 saturated carbocycles. The average Bonchev–Trinajstić information content (AvgIpc) is 3.18. The fourth-order valence-corrected chi connectivity index (χ4v) is 7.24. The minimum Gasteiger partial charge on any atom is -0.357 e. The number of benzene rings is 1. The molecule has 3 aliphatic carbocycles. The van der Waals surface area contributed by atoms with E-state index in [1.54, 1.807) is 12.1 Å². The van der Waals surface area contributed by atoms with Crippen LogP contribution in [0.4, 0.5) is 23.4 Å². The molecule has 202 valence electrons. The fraction of sp³-hybridized carbons (Fsp3) is 0.481. The third-order valence-corrected chi connectivity index (χ3v) is 9.36. The van der Waals surface area contributed by atoms with Gasteiger partial charge in [0, 0.05) is 36.1 Å². The summed E-state index contributed by atoms with van der Waals surface area (Å²) in [6.45, 7) is 2.22. The number of alkyl halides is 3. The van der Waals surface area contributed by atoms with E-state index in [0.29, 0.717) is 37.0 Å². The molecule has 12 heteroatoms. The molecule has 4 heterocycles. The van der Waals surface area contributed by atoms with E-state index in [0.717, 1.165) is 35.7 Å². The molecule has 0 amide bonds. The van der Waals surface area contributed by atoms with Gasteiger partial charge in [0.15, 0.2) is 17.3 Å². The predicted molar refractivity (Wildman–Crippen MR) is 134 cm³/mol. The Hall–Kier alpha value is -3.23. The van der Waals surface area contributed by atoms with Gasteiger partial charge in [0.1, 0.15) is 17.7 Å². The number of halogens is 5. The largest absolute Gasteiger partial charge is 0.394 e. The SMILES string of the molecule is N#Cc1nc(N2CCC(c3nnc4n3-c3ccc(Cl)cc3CN(C35CC(C(F)(F)F)(C3)C5)C4)CC2)ccc1F. The van der Waals surface area contributed by atoms with Crippen molar-refractivity contribution in [2.45, 2.75) is 62.8 Å². The topological polar surface area (TPSA) is 73.9 Å². The van der Waals surface area contributed by atoms with E-state index >= 15 is 0 Å². The number of rotatable bonds is 3. The molecule has 0 atom stereocenters. The van der Waals surface area contributed by atoms with Gasteiger partial charge in [0.2, 0.25) is 0 Å². The summed E-state index contributed by atoms with van der Waals surface area (Å²) in [6, 6.07) is 10.3. The van der Waals surface area contributed by atoms with Crippen molar-refractivity contribution < 1.29 is 17.6 Å². The number of piperidine rings is 1. The highest BCUT2D eigenvalue weighted by Gasteiger charge is 2.79. The van der Waals surface area contributed by atoms with Gasteiger partial charge in [0.05, 0.1) is 17.6 Å². The Morgan fingerprint density at radius 2 is 1.77 bits per heavy atom. The fourth-order valence-electron chi connectivity index (χ4n) is 7.05. The van der Waals surface area contributed by atoms with Crippen LogP contribution in [0.15, 0.2) is 30.3 Å². The summed E-state index contributed by atoms with van der Waals surface area (Å²) in [6.07, 6.45) is -2.27. The van der Waals surface area contributed by atoms with Crippen molar-refractivity contribution in [3.05, 3.63) is 64.1 Å². The van der Waals surface area contributed by atoms with Crippen LogP contribution in [0, 0.1) is 22.6 Å². The third-order valence-electron chi connectivity index (χ3n) is 9.13. The van der Waals surface area contributed by atoms with Crippen molar-refractivity contribution in [1.29, 1.82) is 5.26 Å². The Kier molecular flexibility index (Phi) is 5.33. The van der Waals surface area contributed by atoms with Crippen molar-refractivity contribution in [2.75, 3.05) is 18.0 Å². The molecule has 7 nitrogen and oxygen atoms in total. The van der Waals surface area contributed by atoms with Gasteiger partial charge >= 0.3 is 6.18 Å². The normalized spacial score (nSPS) is 26.6. The first-order valence-corrected chi connectivity index (χ1v) is 13.4. The maximum absolute atomic E-state index is 13.7. The Labute approximate surface area is 227 Å². The number of hydrogen-bond donors (Lipinski definition) is 0. The smallest absolute Gasteiger partial charge is 0.357 e. The van der Waals surface area contributed by atoms with E-state index in [9.17, 15) is 17.6 Å². The lowest BCUT2D eigenvalue weighted by atomic mass is 9.38. The average molecular weight is 558 g/mol. The van der Waals surface area contributed by atoms with Gasteiger partial charge in [0.25, 0.3) is 0 Å². The molecule has 2 aliphatic heterocycles. The highest BCUT2D eigenvalue weighted by atomic mass is 35.5. The second kappa shape index (κ2) is 8.38. The number of pyridine rings is 1.